The third kappa shape index (κ3) is 2.62. The highest BCUT2D eigenvalue weighted by atomic mass is 16.5. The topological polar surface area (TPSA) is 73.6 Å². The van der Waals surface area contributed by atoms with E-state index in [0.717, 1.165) is 6.42 Å². The minimum atomic E-state index is -0.608. The minimum absolute atomic E-state index is 0.0168. The molecule has 2 amide bonds. The van der Waals surface area contributed by atoms with Crippen molar-refractivity contribution in [1.29, 1.82) is 5.26 Å². The molecule has 0 bridgehead atoms. The van der Waals surface area contributed by atoms with Crippen molar-refractivity contribution >= 4 is 11.8 Å². The van der Waals surface area contributed by atoms with Crippen LogP contribution in [-0.2, 0) is 14.3 Å². The lowest BCUT2D eigenvalue weighted by Crippen LogP contribution is -2.52. The van der Waals surface area contributed by atoms with E-state index >= 15 is 0 Å². The Morgan fingerprint density at radius 3 is 2.67 bits per heavy atom. The van der Waals surface area contributed by atoms with Crippen molar-refractivity contribution in [2.45, 2.75) is 25.3 Å². The molecule has 2 aliphatic heterocycles. The van der Waals surface area contributed by atoms with Crippen molar-refractivity contribution in [3.05, 3.63) is 0 Å². The highest BCUT2D eigenvalue weighted by Crippen LogP contribution is 2.18. The molecule has 2 heterocycles. The second-order valence-electron chi connectivity index (χ2n) is 4.51. The van der Waals surface area contributed by atoms with E-state index in [2.05, 4.69) is 0 Å². The van der Waals surface area contributed by atoms with Gasteiger partial charge in [0.15, 0.2) is 0 Å². The van der Waals surface area contributed by atoms with Gasteiger partial charge < -0.3 is 14.5 Å². The summed E-state index contributed by atoms with van der Waals surface area (Å²) >= 11 is 0. The molecule has 2 fully saturated rings. The van der Waals surface area contributed by atoms with Gasteiger partial charge in [0.2, 0.25) is 11.8 Å². The molecule has 0 N–H and O–H groups in total. The third-order valence-corrected chi connectivity index (χ3v) is 3.38. The van der Waals surface area contributed by atoms with Crippen LogP contribution in [0.25, 0.3) is 0 Å². The zero-order valence-electron chi connectivity index (χ0n) is 10.3. The Morgan fingerprint density at radius 1 is 1.39 bits per heavy atom. The first-order valence-electron chi connectivity index (χ1n) is 6.27. The van der Waals surface area contributed by atoms with E-state index < -0.39 is 6.04 Å². The lowest BCUT2D eigenvalue weighted by Gasteiger charge is -2.33. The van der Waals surface area contributed by atoms with Crippen LogP contribution in [-0.4, -0.2) is 60.5 Å². The zero-order valence-corrected chi connectivity index (χ0v) is 10.3. The Morgan fingerprint density at radius 2 is 2.11 bits per heavy atom. The Labute approximate surface area is 106 Å². The number of carbonyl (C=O) groups excluding carboxylic acids is 2. The fraction of sp³-hybridized carbons (Fsp3) is 0.750. The largest absolute Gasteiger partial charge is 0.378 e. The van der Waals surface area contributed by atoms with E-state index in [1.807, 2.05) is 6.07 Å². The summed E-state index contributed by atoms with van der Waals surface area (Å²) in [5.74, 6) is -0.132. The summed E-state index contributed by atoms with van der Waals surface area (Å²) in [6.07, 6.45) is 1.33. The highest BCUT2D eigenvalue weighted by molar-refractivity contribution is 5.88. The van der Waals surface area contributed by atoms with Crippen molar-refractivity contribution in [3.63, 3.8) is 0 Å². The van der Waals surface area contributed by atoms with Crippen LogP contribution in [0.5, 0.6) is 0 Å². The lowest BCUT2D eigenvalue weighted by molar-refractivity contribution is -0.146. The van der Waals surface area contributed by atoms with Crippen molar-refractivity contribution in [3.8, 4) is 6.07 Å². The van der Waals surface area contributed by atoms with Gasteiger partial charge in [0.25, 0.3) is 0 Å². The van der Waals surface area contributed by atoms with Crippen molar-refractivity contribution in [2.75, 3.05) is 32.8 Å². The SMILES string of the molecule is N#CC[C@@H](C(=O)N1CCOCC1)N1CCCC1=O. The number of nitrogens with zero attached hydrogens (tertiary/aromatic N) is 3. The Hall–Kier alpha value is -1.61. The van der Waals surface area contributed by atoms with E-state index in [0.29, 0.717) is 39.3 Å². The molecular formula is C12H17N3O3. The van der Waals surface area contributed by atoms with Crippen LogP contribution in [0.2, 0.25) is 0 Å². The van der Waals surface area contributed by atoms with Crippen LogP contribution in [0.15, 0.2) is 0 Å². The first-order chi connectivity index (χ1) is 8.74. The summed E-state index contributed by atoms with van der Waals surface area (Å²) in [7, 11) is 0. The summed E-state index contributed by atoms with van der Waals surface area (Å²) in [6, 6.07) is 1.40. The van der Waals surface area contributed by atoms with Gasteiger partial charge in [-0.25, -0.2) is 0 Å². The average molecular weight is 251 g/mol. The van der Waals surface area contributed by atoms with E-state index in [4.69, 9.17) is 10.00 Å². The lowest BCUT2D eigenvalue weighted by atomic mass is 10.1. The molecule has 0 aromatic heterocycles. The Balaban J connectivity index is 2.06. The summed E-state index contributed by atoms with van der Waals surface area (Å²) in [5.41, 5.74) is 0. The molecule has 6 nitrogen and oxygen atoms in total. The number of hydrogen-bond acceptors (Lipinski definition) is 4. The molecule has 98 valence electrons. The maximum atomic E-state index is 12.3. The highest BCUT2D eigenvalue weighted by Gasteiger charge is 2.35. The average Bonchev–Trinajstić information content (AvgIpc) is 2.82. The number of morpholine rings is 1. The second-order valence-corrected chi connectivity index (χ2v) is 4.51. The minimum Gasteiger partial charge on any atom is -0.378 e. The summed E-state index contributed by atoms with van der Waals surface area (Å²) in [5, 5.41) is 8.85. The molecule has 0 aromatic rings. The van der Waals surface area contributed by atoms with Crippen LogP contribution in [0.1, 0.15) is 19.3 Å². The zero-order chi connectivity index (χ0) is 13.0. The van der Waals surface area contributed by atoms with Crippen LogP contribution in [0.3, 0.4) is 0 Å². The van der Waals surface area contributed by atoms with Gasteiger partial charge in [-0.15, -0.1) is 0 Å². The standard InChI is InChI=1S/C12H17N3O3/c13-4-3-10(15-5-1-2-11(15)16)12(17)14-6-8-18-9-7-14/h10H,1-3,5-9H2/t10-/m0/s1. The number of carbonyl (C=O) groups is 2. The van der Waals surface area contributed by atoms with Crippen molar-refractivity contribution < 1.29 is 14.3 Å². The molecule has 0 unspecified atom stereocenters. The molecule has 18 heavy (non-hydrogen) atoms. The molecule has 0 aliphatic carbocycles. The van der Waals surface area contributed by atoms with Crippen LogP contribution < -0.4 is 0 Å². The van der Waals surface area contributed by atoms with Gasteiger partial charge in [-0.1, -0.05) is 0 Å². The number of likely N-dealkylation sites (tertiary alicyclic amines) is 1. The third-order valence-electron chi connectivity index (χ3n) is 3.38. The fourth-order valence-electron chi connectivity index (χ4n) is 2.41. The van der Waals surface area contributed by atoms with Crippen LogP contribution >= 0.6 is 0 Å². The molecule has 0 spiro atoms. The van der Waals surface area contributed by atoms with E-state index in [1.54, 1.807) is 9.80 Å². The quantitative estimate of drug-likeness (QED) is 0.693. The second kappa shape index (κ2) is 5.83. The van der Waals surface area contributed by atoms with Gasteiger partial charge in [-0.05, 0) is 6.42 Å². The molecule has 2 aliphatic rings. The van der Waals surface area contributed by atoms with Crippen molar-refractivity contribution in [2.24, 2.45) is 0 Å². The number of amides is 2. The number of ether oxygens (including phenoxy) is 1. The molecule has 0 saturated carbocycles. The Kier molecular flexibility index (Phi) is 4.15. The number of hydrogen-bond donors (Lipinski definition) is 0. The molecule has 2 saturated heterocycles. The fourth-order valence-corrected chi connectivity index (χ4v) is 2.41. The summed E-state index contributed by atoms with van der Waals surface area (Å²) in [6.45, 7) is 2.73. The summed E-state index contributed by atoms with van der Waals surface area (Å²) < 4.78 is 5.20. The van der Waals surface area contributed by atoms with Gasteiger partial charge in [-0.3, -0.25) is 9.59 Å². The van der Waals surface area contributed by atoms with Gasteiger partial charge in [0, 0.05) is 26.1 Å². The maximum absolute atomic E-state index is 12.3. The molecule has 2 rings (SSSR count). The number of nitriles is 1. The first kappa shape index (κ1) is 12.8. The van der Waals surface area contributed by atoms with E-state index in [9.17, 15) is 9.59 Å². The van der Waals surface area contributed by atoms with Gasteiger partial charge in [0.05, 0.1) is 25.7 Å². The van der Waals surface area contributed by atoms with Crippen molar-refractivity contribution in [1.82, 2.24) is 9.80 Å². The van der Waals surface area contributed by atoms with Gasteiger partial charge in [0.1, 0.15) is 6.04 Å². The maximum Gasteiger partial charge on any atom is 0.246 e. The Bertz CT molecular complexity index is 371. The van der Waals surface area contributed by atoms with Crippen LogP contribution in [0.4, 0.5) is 0 Å². The number of rotatable bonds is 3. The molecule has 0 aromatic carbocycles. The normalized spacial score (nSPS) is 21.8. The summed E-state index contributed by atoms with van der Waals surface area (Å²) in [4.78, 5) is 27.3. The van der Waals surface area contributed by atoms with Gasteiger partial charge in [-0.2, -0.15) is 5.26 Å². The predicted molar refractivity (Wildman–Crippen MR) is 62.4 cm³/mol. The van der Waals surface area contributed by atoms with E-state index in [-0.39, 0.29) is 18.2 Å². The first-order valence-corrected chi connectivity index (χ1v) is 6.27. The predicted octanol–water partition coefficient (Wildman–Crippen LogP) is -0.250. The molecular weight excluding hydrogens is 234 g/mol. The monoisotopic (exact) mass is 251 g/mol. The molecule has 6 heteroatoms. The smallest absolute Gasteiger partial charge is 0.246 e. The van der Waals surface area contributed by atoms with E-state index in [1.165, 1.54) is 0 Å². The molecule has 0 radical (unpaired) electrons. The molecule has 1 atom stereocenters. The van der Waals surface area contributed by atoms with Crippen LogP contribution in [0, 0.1) is 11.3 Å². The van der Waals surface area contributed by atoms with Gasteiger partial charge >= 0.3 is 0 Å².